The average Bonchev–Trinajstić information content (AvgIpc) is 2.86. The molecule has 0 aliphatic carbocycles. The van der Waals surface area contributed by atoms with Crippen LogP contribution < -0.4 is 5.32 Å². The maximum absolute atomic E-state index is 12.6. The van der Waals surface area contributed by atoms with Gasteiger partial charge in [0, 0.05) is 33.2 Å². The van der Waals surface area contributed by atoms with E-state index < -0.39 is 15.3 Å². The second-order valence-corrected chi connectivity index (χ2v) is 7.38. The van der Waals surface area contributed by atoms with Crippen LogP contribution in [0.25, 0.3) is 0 Å². The zero-order valence-corrected chi connectivity index (χ0v) is 13.0. The minimum absolute atomic E-state index is 0.0256. The first kappa shape index (κ1) is 16.4. The standard InChI is InChI=1S/C12H25N3O3S/c1-5-8-15(11-6-7-13-9-11)19(17,18)10(2)12(16)14(3)4/h10-11,13H,5-9H2,1-4H3. The van der Waals surface area contributed by atoms with Crippen LogP contribution in [0.3, 0.4) is 0 Å². The summed E-state index contributed by atoms with van der Waals surface area (Å²) in [4.78, 5) is 13.3. The molecule has 1 aliphatic rings. The molecule has 1 N–H and O–H groups in total. The Morgan fingerprint density at radius 1 is 1.42 bits per heavy atom. The fraction of sp³-hybridized carbons (Fsp3) is 0.917. The summed E-state index contributed by atoms with van der Waals surface area (Å²) < 4.78 is 26.7. The maximum atomic E-state index is 12.6. The molecule has 1 aliphatic heterocycles. The van der Waals surface area contributed by atoms with Gasteiger partial charge in [-0.25, -0.2) is 8.42 Å². The predicted molar refractivity (Wildman–Crippen MR) is 75.3 cm³/mol. The van der Waals surface area contributed by atoms with Crippen molar-refractivity contribution in [3.63, 3.8) is 0 Å². The lowest BCUT2D eigenvalue weighted by Crippen LogP contribution is -2.50. The maximum Gasteiger partial charge on any atom is 0.241 e. The summed E-state index contributed by atoms with van der Waals surface area (Å²) in [6, 6.07) is -0.0256. The zero-order chi connectivity index (χ0) is 14.6. The summed E-state index contributed by atoms with van der Waals surface area (Å²) in [5, 5.41) is 2.15. The van der Waals surface area contributed by atoms with E-state index in [4.69, 9.17) is 0 Å². The summed E-state index contributed by atoms with van der Waals surface area (Å²) in [6.45, 7) is 5.39. The van der Waals surface area contributed by atoms with Crippen LogP contribution >= 0.6 is 0 Å². The molecule has 2 unspecified atom stereocenters. The number of hydrogen-bond donors (Lipinski definition) is 1. The highest BCUT2D eigenvalue weighted by Crippen LogP contribution is 2.19. The normalized spacial score (nSPS) is 21.6. The van der Waals surface area contributed by atoms with Crippen LogP contribution in [0.15, 0.2) is 0 Å². The largest absolute Gasteiger partial charge is 0.348 e. The van der Waals surface area contributed by atoms with E-state index in [1.165, 1.54) is 16.1 Å². The summed E-state index contributed by atoms with van der Waals surface area (Å²) in [5.74, 6) is -0.368. The number of sulfonamides is 1. The van der Waals surface area contributed by atoms with Gasteiger partial charge in [-0.2, -0.15) is 4.31 Å². The molecule has 0 aromatic rings. The first-order valence-corrected chi connectivity index (χ1v) is 8.25. The van der Waals surface area contributed by atoms with Gasteiger partial charge in [0.25, 0.3) is 0 Å². The summed E-state index contributed by atoms with van der Waals surface area (Å²) in [7, 11) is -0.431. The number of amides is 1. The van der Waals surface area contributed by atoms with Crippen molar-refractivity contribution in [2.75, 3.05) is 33.7 Å². The van der Waals surface area contributed by atoms with E-state index in [1.807, 2.05) is 6.92 Å². The topological polar surface area (TPSA) is 69.7 Å². The van der Waals surface area contributed by atoms with Gasteiger partial charge in [0.05, 0.1) is 0 Å². The van der Waals surface area contributed by atoms with E-state index >= 15 is 0 Å². The monoisotopic (exact) mass is 291 g/mol. The van der Waals surface area contributed by atoms with Crippen molar-refractivity contribution in [3.8, 4) is 0 Å². The molecule has 0 saturated carbocycles. The molecule has 6 nitrogen and oxygen atoms in total. The molecular formula is C12H25N3O3S. The van der Waals surface area contributed by atoms with Gasteiger partial charge in [-0.15, -0.1) is 0 Å². The fourth-order valence-electron chi connectivity index (χ4n) is 2.32. The van der Waals surface area contributed by atoms with Crippen LogP contribution in [0, 0.1) is 0 Å². The minimum atomic E-state index is -3.59. The Bertz CT molecular complexity index is 402. The molecule has 1 rings (SSSR count). The Labute approximate surface area is 116 Å². The molecule has 0 aromatic carbocycles. The van der Waals surface area contributed by atoms with Crippen LogP contribution in [0.2, 0.25) is 0 Å². The van der Waals surface area contributed by atoms with Crippen molar-refractivity contribution in [1.82, 2.24) is 14.5 Å². The van der Waals surface area contributed by atoms with Crippen molar-refractivity contribution >= 4 is 15.9 Å². The molecule has 112 valence electrons. The molecule has 1 amide bonds. The number of nitrogens with zero attached hydrogens (tertiary/aromatic N) is 2. The summed E-state index contributed by atoms with van der Waals surface area (Å²) in [5.41, 5.74) is 0. The Morgan fingerprint density at radius 3 is 2.47 bits per heavy atom. The number of hydrogen-bond acceptors (Lipinski definition) is 4. The Balaban J connectivity index is 2.95. The first-order chi connectivity index (χ1) is 8.82. The number of rotatable bonds is 6. The van der Waals surface area contributed by atoms with Crippen molar-refractivity contribution in [1.29, 1.82) is 0 Å². The van der Waals surface area contributed by atoms with Crippen molar-refractivity contribution in [3.05, 3.63) is 0 Å². The van der Waals surface area contributed by atoms with E-state index in [-0.39, 0.29) is 11.9 Å². The molecule has 1 saturated heterocycles. The van der Waals surface area contributed by atoms with E-state index in [9.17, 15) is 13.2 Å². The van der Waals surface area contributed by atoms with E-state index in [1.54, 1.807) is 14.1 Å². The molecule has 2 atom stereocenters. The molecule has 0 bridgehead atoms. The van der Waals surface area contributed by atoms with Crippen molar-refractivity contribution in [2.45, 2.75) is 38.0 Å². The van der Waals surface area contributed by atoms with Crippen LogP contribution in [0.1, 0.15) is 26.7 Å². The average molecular weight is 291 g/mol. The van der Waals surface area contributed by atoms with Gasteiger partial charge in [-0.1, -0.05) is 6.92 Å². The second-order valence-electron chi connectivity index (χ2n) is 5.18. The predicted octanol–water partition coefficient (Wildman–Crippen LogP) is -0.133. The first-order valence-electron chi connectivity index (χ1n) is 6.74. The third-order valence-corrected chi connectivity index (χ3v) is 5.68. The molecule has 7 heteroatoms. The summed E-state index contributed by atoms with van der Waals surface area (Å²) in [6.07, 6.45) is 1.56. The van der Waals surface area contributed by atoms with Gasteiger partial charge >= 0.3 is 0 Å². The van der Waals surface area contributed by atoms with Crippen molar-refractivity contribution in [2.24, 2.45) is 0 Å². The third kappa shape index (κ3) is 3.67. The highest BCUT2D eigenvalue weighted by atomic mass is 32.2. The molecule has 1 fully saturated rings. The van der Waals surface area contributed by atoms with E-state index in [0.717, 1.165) is 19.4 Å². The van der Waals surface area contributed by atoms with Gasteiger partial charge in [0.1, 0.15) is 0 Å². The third-order valence-electron chi connectivity index (χ3n) is 3.45. The number of carbonyl (C=O) groups excluding carboxylic acids is 1. The Morgan fingerprint density at radius 2 is 2.05 bits per heavy atom. The SMILES string of the molecule is CCCN(C1CCNC1)S(=O)(=O)C(C)C(=O)N(C)C. The number of nitrogens with one attached hydrogen (secondary N) is 1. The Kier molecular flexibility index (Phi) is 5.76. The van der Waals surface area contributed by atoms with Gasteiger partial charge in [0.15, 0.2) is 5.25 Å². The summed E-state index contributed by atoms with van der Waals surface area (Å²) >= 11 is 0. The van der Waals surface area contributed by atoms with E-state index in [0.29, 0.717) is 13.1 Å². The van der Waals surface area contributed by atoms with Gasteiger partial charge < -0.3 is 10.2 Å². The molecule has 0 aromatic heterocycles. The van der Waals surface area contributed by atoms with Crippen LogP contribution in [-0.2, 0) is 14.8 Å². The number of carbonyl (C=O) groups is 1. The highest BCUT2D eigenvalue weighted by Gasteiger charge is 2.38. The lowest BCUT2D eigenvalue weighted by atomic mass is 10.2. The van der Waals surface area contributed by atoms with Gasteiger partial charge in [0.2, 0.25) is 15.9 Å². The molecule has 19 heavy (non-hydrogen) atoms. The lowest BCUT2D eigenvalue weighted by molar-refractivity contribution is -0.128. The molecule has 1 heterocycles. The molecule has 0 radical (unpaired) electrons. The smallest absolute Gasteiger partial charge is 0.241 e. The Hall–Kier alpha value is -0.660. The van der Waals surface area contributed by atoms with Crippen LogP contribution in [-0.4, -0.2) is 68.6 Å². The van der Waals surface area contributed by atoms with Gasteiger partial charge in [-0.3, -0.25) is 4.79 Å². The van der Waals surface area contributed by atoms with Crippen molar-refractivity contribution < 1.29 is 13.2 Å². The quantitative estimate of drug-likeness (QED) is 0.740. The van der Waals surface area contributed by atoms with Crippen LogP contribution in [0.4, 0.5) is 0 Å². The van der Waals surface area contributed by atoms with E-state index in [2.05, 4.69) is 5.32 Å². The van der Waals surface area contributed by atoms with Gasteiger partial charge in [-0.05, 0) is 26.3 Å². The fourth-order valence-corrected chi connectivity index (χ4v) is 4.22. The lowest BCUT2D eigenvalue weighted by Gasteiger charge is -2.30. The molecular weight excluding hydrogens is 266 g/mol. The van der Waals surface area contributed by atoms with Crippen LogP contribution in [0.5, 0.6) is 0 Å². The molecule has 0 spiro atoms. The second kappa shape index (κ2) is 6.67. The zero-order valence-electron chi connectivity index (χ0n) is 12.2. The minimum Gasteiger partial charge on any atom is -0.348 e. The highest BCUT2D eigenvalue weighted by molar-refractivity contribution is 7.90.